The largest absolute Gasteiger partial charge is 0.507 e. The smallest absolute Gasteiger partial charge is 0.148 e. The molecule has 0 bridgehead atoms. The molecule has 48 heavy (non-hydrogen) atoms. The minimum atomic E-state index is 0. The Kier molecular flexibility index (Phi) is 7.47. The maximum Gasteiger partial charge on any atom is 0.148 e. The second kappa shape index (κ2) is 12.1. The third-order valence-corrected chi connectivity index (χ3v) is 8.66. The van der Waals surface area contributed by atoms with Crippen LogP contribution in [0.5, 0.6) is 5.75 Å². The molecule has 5 nitrogen and oxygen atoms in total. The second-order valence-electron chi connectivity index (χ2n) is 11.5. The van der Waals surface area contributed by atoms with E-state index in [2.05, 4.69) is 65.2 Å². The number of pyridine rings is 1. The number of benzene rings is 6. The first kappa shape index (κ1) is 29.6. The summed E-state index contributed by atoms with van der Waals surface area (Å²) >= 11 is 0. The van der Waals surface area contributed by atoms with Gasteiger partial charge in [-0.15, -0.1) is 11.6 Å². The van der Waals surface area contributed by atoms with E-state index >= 15 is 0 Å². The van der Waals surface area contributed by atoms with Gasteiger partial charge in [-0.1, -0.05) is 114 Å². The molecule has 6 aromatic carbocycles. The number of phenolic OH excluding ortho intramolecular Hbond substituents is 1. The van der Waals surface area contributed by atoms with E-state index in [1.165, 1.54) is 0 Å². The van der Waals surface area contributed by atoms with E-state index in [-0.39, 0.29) is 26.8 Å². The summed E-state index contributed by atoms with van der Waals surface area (Å²) in [5.74, 6) is 0.820. The number of hydrogen-bond acceptors (Lipinski definition) is 4. The number of nitrogens with zero attached hydrogens (tertiary/aromatic N) is 3. The fraction of sp³-hybridized carbons (Fsp3) is 0. The number of rotatable bonds is 5. The molecule has 0 unspecified atom stereocenters. The Morgan fingerprint density at radius 2 is 1.38 bits per heavy atom. The van der Waals surface area contributed by atoms with Crippen molar-refractivity contribution < 1.29 is 30.6 Å². The second-order valence-corrected chi connectivity index (χ2v) is 11.5. The maximum atomic E-state index is 11.0. The molecule has 9 rings (SSSR count). The van der Waals surface area contributed by atoms with Gasteiger partial charge < -0.3 is 9.52 Å². The van der Waals surface area contributed by atoms with Crippen molar-refractivity contribution >= 4 is 33.0 Å². The van der Waals surface area contributed by atoms with Crippen LogP contribution in [-0.4, -0.2) is 19.6 Å². The van der Waals surface area contributed by atoms with E-state index in [0.717, 1.165) is 72.2 Å². The summed E-state index contributed by atoms with van der Waals surface area (Å²) in [4.78, 5) is 10.0. The summed E-state index contributed by atoms with van der Waals surface area (Å²) in [7, 11) is 0. The van der Waals surface area contributed by atoms with Crippen LogP contribution in [0.4, 0.5) is 0 Å². The number of aromatic nitrogens is 3. The van der Waals surface area contributed by atoms with E-state index in [9.17, 15) is 5.11 Å². The van der Waals surface area contributed by atoms with Gasteiger partial charge in [0.25, 0.3) is 0 Å². The molecule has 0 atom stereocenters. The predicted octanol–water partition coefficient (Wildman–Crippen LogP) is 10.5. The average Bonchev–Trinajstić information content (AvgIpc) is 3.71. The SMILES string of the molecule is Oc1ccccc1-c1nc2c(-c3[c-]c(-c4cc(-c5ccccc5)ccn4)cc4oc5ccccc5c34)cccc2n1-c1ccccc1.[Pt]. The average molecular weight is 800 g/mol. The van der Waals surface area contributed by atoms with Gasteiger partial charge in [0.2, 0.25) is 0 Å². The summed E-state index contributed by atoms with van der Waals surface area (Å²) in [6, 6.07) is 52.0. The molecule has 3 aromatic heterocycles. The monoisotopic (exact) mass is 799 g/mol. The van der Waals surface area contributed by atoms with Gasteiger partial charge in [-0.05, 0) is 64.4 Å². The minimum absolute atomic E-state index is 0. The van der Waals surface area contributed by atoms with Crippen molar-refractivity contribution in [1.82, 2.24) is 14.5 Å². The van der Waals surface area contributed by atoms with Crippen molar-refractivity contribution in [3.05, 3.63) is 158 Å². The molecule has 0 radical (unpaired) electrons. The molecule has 0 aliphatic heterocycles. The zero-order chi connectivity index (χ0) is 31.3. The normalized spacial score (nSPS) is 11.2. The molecule has 0 saturated carbocycles. The Labute approximate surface area is 291 Å². The fourth-order valence-electron chi connectivity index (χ4n) is 6.50. The quantitative estimate of drug-likeness (QED) is 0.176. The van der Waals surface area contributed by atoms with Crippen molar-refractivity contribution in [2.24, 2.45) is 0 Å². The van der Waals surface area contributed by atoms with Gasteiger partial charge in [-0.25, -0.2) is 4.98 Å². The number of aromatic hydroxyl groups is 1. The number of imidazole rings is 1. The molecule has 6 heteroatoms. The Hall–Kier alpha value is -5.77. The van der Waals surface area contributed by atoms with E-state index in [1.54, 1.807) is 6.07 Å². The summed E-state index contributed by atoms with van der Waals surface area (Å²) in [6.07, 6.45) is 1.84. The summed E-state index contributed by atoms with van der Waals surface area (Å²) in [5, 5.41) is 12.9. The first-order valence-corrected chi connectivity index (χ1v) is 15.5. The Balaban J connectivity index is 0.00000336. The number of fused-ring (bicyclic) bond motifs is 4. The molecule has 0 fully saturated rings. The summed E-state index contributed by atoms with van der Waals surface area (Å²) in [6.45, 7) is 0. The van der Waals surface area contributed by atoms with Crippen LogP contribution in [0.2, 0.25) is 0 Å². The third-order valence-electron chi connectivity index (χ3n) is 8.66. The van der Waals surface area contributed by atoms with Gasteiger partial charge in [0.05, 0.1) is 22.2 Å². The number of phenols is 1. The van der Waals surface area contributed by atoms with E-state index < -0.39 is 0 Å². The van der Waals surface area contributed by atoms with Crippen molar-refractivity contribution in [2.45, 2.75) is 0 Å². The first-order valence-electron chi connectivity index (χ1n) is 15.5. The molecule has 3 heterocycles. The maximum absolute atomic E-state index is 11.0. The Morgan fingerprint density at radius 1 is 0.646 bits per heavy atom. The van der Waals surface area contributed by atoms with Gasteiger partial charge in [0, 0.05) is 38.6 Å². The van der Waals surface area contributed by atoms with Crippen LogP contribution >= 0.6 is 0 Å². The van der Waals surface area contributed by atoms with E-state index in [4.69, 9.17) is 14.4 Å². The van der Waals surface area contributed by atoms with Crippen molar-refractivity contribution in [3.63, 3.8) is 0 Å². The van der Waals surface area contributed by atoms with Crippen LogP contribution in [0.1, 0.15) is 0 Å². The van der Waals surface area contributed by atoms with Gasteiger partial charge in [-0.3, -0.25) is 9.55 Å². The predicted molar refractivity (Wildman–Crippen MR) is 188 cm³/mol. The molecule has 0 aliphatic rings. The van der Waals surface area contributed by atoms with Crippen molar-refractivity contribution in [1.29, 1.82) is 0 Å². The van der Waals surface area contributed by atoms with Crippen LogP contribution in [0, 0.1) is 6.07 Å². The standard InChI is InChI=1S/C42H26N3O2.Pt/c46-37-20-9-7-16-32(37)42-44-41-31(18-11-19-36(41)45(42)30-14-5-2-6-15-30)34-24-29(26-39-40(34)33-17-8-10-21-38(33)47-39)35-25-28(22-23-43-35)27-12-3-1-4-13-27;/h1-23,25-26,46H;/q-1;. The molecule has 1 N–H and O–H groups in total. The Bertz CT molecular complexity index is 2590. The first-order chi connectivity index (χ1) is 23.2. The molecule has 9 aromatic rings. The van der Waals surface area contributed by atoms with Gasteiger partial charge in [0.15, 0.2) is 0 Å². The number of para-hydroxylation sites is 4. The van der Waals surface area contributed by atoms with Gasteiger partial charge in [0.1, 0.15) is 17.2 Å². The molecular formula is C42H26N3O2Pt-. The fourth-order valence-corrected chi connectivity index (χ4v) is 6.50. The van der Waals surface area contributed by atoms with Crippen LogP contribution in [0.3, 0.4) is 0 Å². The zero-order valence-corrected chi connectivity index (χ0v) is 27.7. The molecule has 0 saturated heterocycles. The van der Waals surface area contributed by atoms with Crippen LogP contribution in [-0.2, 0) is 21.1 Å². The van der Waals surface area contributed by atoms with Gasteiger partial charge in [-0.2, -0.15) is 0 Å². The third kappa shape index (κ3) is 4.92. The summed E-state index contributed by atoms with van der Waals surface area (Å²) in [5.41, 5.74) is 10.5. The Morgan fingerprint density at radius 3 is 2.21 bits per heavy atom. The number of furan rings is 1. The van der Waals surface area contributed by atoms with E-state index in [0.29, 0.717) is 11.4 Å². The van der Waals surface area contributed by atoms with Crippen LogP contribution < -0.4 is 0 Å². The molecular weight excluding hydrogens is 774 g/mol. The van der Waals surface area contributed by atoms with Crippen molar-refractivity contribution in [3.8, 4) is 56.3 Å². The summed E-state index contributed by atoms with van der Waals surface area (Å²) < 4.78 is 8.59. The number of hydrogen-bond donors (Lipinski definition) is 1. The van der Waals surface area contributed by atoms with E-state index in [1.807, 2.05) is 91.1 Å². The molecule has 0 spiro atoms. The zero-order valence-electron chi connectivity index (χ0n) is 25.4. The molecule has 0 aliphatic carbocycles. The minimum Gasteiger partial charge on any atom is -0.507 e. The van der Waals surface area contributed by atoms with Gasteiger partial charge >= 0.3 is 0 Å². The topological polar surface area (TPSA) is 64.1 Å². The molecule has 232 valence electrons. The van der Waals surface area contributed by atoms with Crippen molar-refractivity contribution in [2.75, 3.05) is 0 Å². The van der Waals surface area contributed by atoms with Crippen LogP contribution in [0.25, 0.3) is 83.6 Å². The molecule has 0 amide bonds. The van der Waals surface area contributed by atoms with Crippen LogP contribution in [0.15, 0.2) is 156 Å².